The van der Waals surface area contributed by atoms with E-state index in [4.69, 9.17) is 28.4 Å². The second-order valence-corrected chi connectivity index (χ2v) is 7.82. The summed E-state index contributed by atoms with van der Waals surface area (Å²) in [5, 5.41) is 15.6. The van der Waals surface area contributed by atoms with Gasteiger partial charge in [-0.25, -0.2) is 9.18 Å². The fourth-order valence-corrected chi connectivity index (χ4v) is 2.81. The van der Waals surface area contributed by atoms with Crippen LogP contribution in [-0.2, 0) is 25.6 Å². The SMILES string of the molecule is CNCCOCCOCCOCCNC(=O)OC[C@H](O)COc1cccc(OCc2ccc(F)cc2)c1. The van der Waals surface area contributed by atoms with Gasteiger partial charge in [0.25, 0.3) is 0 Å². The lowest BCUT2D eigenvalue weighted by molar-refractivity contribution is 0.0150. The molecule has 11 heteroatoms. The number of nitrogens with one attached hydrogen (secondary N) is 2. The molecule has 0 spiro atoms. The van der Waals surface area contributed by atoms with E-state index < -0.39 is 12.2 Å². The quantitative estimate of drug-likeness (QED) is 0.224. The Morgan fingerprint density at radius 1 is 0.865 bits per heavy atom. The number of amides is 1. The van der Waals surface area contributed by atoms with Crippen molar-refractivity contribution in [1.29, 1.82) is 0 Å². The molecular weight excluding hydrogens is 487 g/mol. The Hall–Kier alpha value is -2.96. The molecule has 0 radical (unpaired) electrons. The monoisotopic (exact) mass is 524 g/mol. The van der Waals surface area contributed by atoms with E-state index in [0.717, 1.165) is 12.1 Å². The van der Waals surface area contributed by atoms with E-state index in [-0.39, 0.29) is 32.2 Å². The van der Waals surface area contributed by atoms with E-state index in [0.29, 0.717) is 51.1 Å². The molecule has 2 rings (SSSR count). The van der Waals surface area contributed by atoms with Gasteiger partial charge in [0.05, 0.1) is 39.6 Å². The number of aliphatic hydroxyl groups is 1. The highest BCUT2D eigenvalue weighted by atomic mass is 19.1. The van der Waals surface area contributed by atoms with Crippen molar-refractivity contribution in [3.05, 3.63) is 59.9 Å². The van der Waals surface area contributed by atoms with Crippen LogP contribution in [0.2, 0.25) is 0 Å². The number of rotatable bonds is 20. The molecule has 2 aromatic rings. The van der Waals surface area contributed by atoms with Crippen molar-refractivity contribution in [2.75, 3.05) is 73.0 Å². The summed E-state index contributed by atoms with van der Waals surface area (Å²) >= 11 is 0. The van der Waals surface area contributed by atoms with Crippen LogP contribution in [0.4, 0.5) is 9.18 Å². The van der Waals surface area contributed by atoms with Crippen LogP contribution >= 0.6 is 0 Å². The van der Waals surface area contributed by atoms with Crippen molar-refractivity contribution in [2.24, 2.45) is 0 Å². The molecule has 1 amide bonds. The second-order valence-electron chi connectivity index (χ2n) is 7.82. The standard InChI is InChI=1S/C26H37FN2O8/c1-28-9-11-32-13-15-34-16-14-33-12-10-29-26(31)37-20-23(30)19-36-25-4-2-3-24(17-25)35-18-21-5-7-22(27)8-6-21/h2-8,17,23,28,30H,9-16,18-20H2,1H3,(H,29,31)/t23-/m1/s1. The third-order valence-electron chi connectivity index (χ3n) is 4.73. The summed E-state index contributed by atoms with van der Waals surface area (Å²) in [4.78, 5) is 11.7. The topological polar surface area (TPSA) is 117 Å². The van der Waals surface area contributed by atoms with Gasteiger partial charge in [-0.15, -0.1) is 0 Å². The average Bonchev–Trinajstić information content (AvgIpc) is 2.91. The first-order valence-electron chi connectivity index (χ1n) is 12.1. The highest BCUT2D eigenvalue weighted by Crippen LogP contribution is 2.20. The van der Waals surface area contributed by atoms with E-state index in [2.05, 4.69) is 10.6 Å². The number of carbonyl (C=O) groups is 1. The number of hydrogen-bond donors (Lipinski definition) is 3. The molecule has 3 N–H and O–H groups in total. The predicted molar refractivity (Wildman–Crippen MR) is 134 cm³/mol. The Morgan fingerprint density at radius 3 is 2.16 bits per heavy atom. The van der Waals surface area contributed by atoms with Crippen LogP contribution in [-0.4, -0.2) is 90.3 Å². The fourth-order valence-electron chi connectivity index (χ4n) is 2.81. The molecule has 0 saturated carbocycles. The van der Waals surface area contributed by atoms with E-state index in [1.54, 1.807) is 36.4 Å². The summed E-state index contributed by atoms with van der Waals surface area (Å²) in [6, 6.07) is 13.0. The first-order valence-corrected chi connectivity index (χ1v) is 12.1. The van der Waals surface area contributed by atoms with Gasteiger partial charge < -0.3 is 44.2 Å². The average molecular weight is 525 g/mol. The highest BCUT2D eigenvalue weighted by Gasteiger charge is 2.10. The largest absolute Gasteiger partial charge is 0.491 e. The Kier molecular flexibility index (Phi) is 15.7. The number of hydrogen-bond acceptors (Lipinski definition) is 9. The molecule has 37 heavy (non-hydrogen) atoms. The van der Waals surface area contributed by atoms with Crippen LogP contribution < -0.4 is 20.1 Å². The van der Waals surface area contributed by atoms with Crippen LogP contribution in [0.15, 0.2) is 48.5 Å². The van der Waals surface area contributed by atoms with Crippen molar-refractivity contribution in [1.82, 2.24) is 10.6 Å². The van der Waals surface area contributed by atoms with Crippen LogP contribution in [0.3, 0.4) is 0 Å². The molecule has 0 aliphatic heterocycles. The molecule has 0 aliphatic carbocycles. The Balaban J connectivity index is 1.48. The maximum Gasteiger partial charge on any atom is 0.407 e. The van der Waals surface area contributed by atoms with Gasteiger partial charge in [-0.3, -0.25) is 0 Å². The zero-order valence-electron chi connectivity index (χ0n) is 21.2. The summed E-state index contributed by atoms with van der Waals surface area (Å²) in [5.74, 6) is 0.751. The number of likely N-dealkylation sites (N-methyl/N-ethyl adjacent to an activating group) is 1. The summed E-state index contributed by atoms with van der Waals surface area (Å²) in [6.07, 6.45) is -1.67. The van der Waals surface area contributed by atoms with E-state index >= 15 is 0 Å². The van der Waals surface area contributed by atoms with E-state index in [9.17, 15) is 14.3 Å². The summed E-state index contributed by atoms with van der Waals surface area (Å²) in [5.41, 5.74) is 0.830. The van der Waals surface area contributed by atoms with E-state index in [1.807, 2.05) is 7.05 Å². The van der Waals surface area contributed by atoms with Crippen molar-refractivity contribution in [2.45, 2.75) is 12.7 Å². The maximum absolute atomic E-state index is 13.0. The molecule has 0 bridgehead atoms. The molecule has 206 valence electrons. The van der Waals surface area contributed by atoms with Gasteiger partial charge in [-0.05, 0) is 36.9 Å². The number of benzene rings is 2. The zero-order chi connectivity index (χ0) is 26.6. The van der Waals surface area contributed by atoms with Crippen LogP contribution in [0.1, 0.15) is 5.56 Å². The molecule has 0 heterocycles. The lowest BCUT2D eigenvalue weighted by Crippen LogP contribution is -2.32. The molecule has 0 aromatic heterocycles. The normalized spacial score (nSPS) is 11.6. The van der Waals surface area contributed by atoms with Gasteiger partial charge in [0, 0.05) is 19.2 Å². The van der Waals surface area contributed by atoms with Crippen LogP contribution in [0, 0.1) is 5.82 Å². The number of aliphatic hydroxyl groups excluding tert-OH is 1. The first kappa shape index (κ1) is 30.3. The smallest absolute Gasteiger partial charge is 0.407 e. The number of halogens is 1. The van der Waals surface area contributed by atoms with Crippen molar-refractivity contribution in [3.8, 4) is 11.5 Å². The number of ether oxygens (including phenoxy) is 6. The Bertz CT molecular complexity index is 872. The lowest BCUT2D eigenvalue weighted by Gasteiger charge is -2.14. The number of carbonyl (C=O) groups excluding carboxylic acids is 1. The van der Waals surface area contributed by atoms with Gasteiger partial charge in [0.15, 0.2) is 0 Å². The molecule has 0 aliphatic rings. The Morgan fingerprint density at radius 2 is 1.49 bits per heavy atom. The molecule has 0 unspecified atom stereocenters. The third-order valence-corrected chi connectivity index (χ3v) is 4.73. The summed E-state index contributed by atoms with van der Waals surface area (Å²) in [6.45, 7) is 3.88. The van der Waals surface area contributed by atoms with Crippen molar-refractivity contribution >= 4 is 6.09 Å². The summed E-state index contributed by atoms with van der Waals surface area (Å²) in [7, 11) is 1.87. The van der Waals surface area contributed by atoms with Gasteiger partial charge in [-0.2, -0.15) is 0 Å². The maximum atomic E-state index is 13.0. The van der Waals surface area contributed by atoms with Gasteiger partial charge in [0.1, 0.15) is 43.2 Å². The molecule has 10 nitrogen and oxygen atoms in total. The second kappa shape index (κ2) is 19.2. The minimum absolute atomic E-state index is 0.0711. The Labute approximate surface area is 216 Å². The highest BCUT2D eigenvalue weighted by molar-refractivity contribution is 5.67. The van der Waals surface area contributed by atoms with Gasteiger partial charge in [-0.1, -0.05) is 18.2 Å². The van der Waals surface area contributed by atoms with Crippen LogP contribution in [0.25, 0.3) is 0 Å². The van der Waals surface area contributed by atoms with Gasteiger partial charge in [0.2, 0.25) is 0 Å². The minimum atomic E-state index is -1.01. The molecule has 0 saturated heterocycles. The fraction of sp³-hybridized carbons (Fsp3) is 0.500. The van der Waals surface area contributed by atoms with E-state index in [1.165, 1.54) is 12.1 Å². The summed E-state index contributed by atoms with van der Waals surface area (Å²) < 4.78 is 45.3. The third kappa shape index (κ3) is 15.0. The van der Waals surface area contributed by atoms with Crippen molar-refractivity contribution < 1.29 is 42.7 Å². The van der Waals surface area contributed by atoms with Gasteiger partial charge >= 0.3 is 6.09 Å². The lowest BCUT2D eigenvalue weighted by atomic mass is 10.2. The molecule has 0 fully saturated rings. The zero-order valence-corrected chi connectivity index (χ0v) is 21.2. The molecular formula is C26H37FN2O8. The minimum Gasteiger partial charge on any atom is -0.491 e. The van der Waals surface area contributed by atoms with Crippen molar-refractivity contribution in [3.63, 3.8) is 0 Å². The molecule has 2 aromatic carbocycles. The first-order chi connectivity index (χ1) is 18.1. The molecule has 1 atom stereocenters. The predicted octanol–water partition coefficient (Wildman–Crippen LogP) is 2.14. The van der Waals surface area contributed by atoms with Crippen LogP contribution in [0.5, 0.6) is 11.5 Å². The number of alkyl carbamates (subject to hydrolysis) is 1.